The van der Waals surface area contributed by atoms with Crippen LogP contribution in [0, 0.1) is 0 Å². The minimum atomic E-state index is -0.750. The molecule has 0 aliphatic rings. The second kappa shape index (κ2) is 70.8. The zero-order valence-electron chi connectivity index (χ0n) is 17.1. The second-order valence-corrected chi connectivity index (χ2v) is 12.2. The van der Waals surface area contributed by atoms with Crippen molar-refractivity contribution in [2.75, 3.05) is 0 Å². The first-order chi connectivity index (χ1) is 11.7. The monoisotopic (exact) mass is 558 g/mol. The molecule has 0 heterocycles. The Hall–Kier alpha value is 2.73. The summed E-state index contributed by atoms with van der Waals surface area (Å²) >= 11 is 17.5. The van der Waals surface area contributed by atoms with Gasteiger partial charge in [-0.3, -0.25) is 0 Å². The molecule has 0 radical (unpaired) electrons. The van der Waals surface area contributed by atoms with Gasteiger partial charge in [0.25, 0.3) is 0 Å². The molecule has 0 rings (SSSR count). The molecular weight excluding hydrogens is 528 g/mol. The number of carbonyl (C=O) groups excluding carboxylic acids is 1. The quantitative estimate of drug-likeness (QED) is 0.248. The van der Waals surface area contributed by atoms with Crippen LogP contribution in [0.4, 0.5) is 0 Å². The first-order valence-corrected chi connectivity index (χ1v) is 16.0. The minimum Gasteiger partial charge on any atom is -0.850 e. The predicted molar refractivity (Wildman–Crippen MR) is 141 cm³/mol. The largest absolute Gasteiger partial charge is 1.00 e. The van der Waals surface area contributed by atoms with E-state index in [2.05, 4.69) is 57.9 Å². The number of rotatable bonds is 0. The molecule has 0 saturated heterocycles. The van der Waals surface area contributed by atoms with Crippen molar-refractivity contribution >= 4 is 95.4 Å². The van der Waals surface area contributed by atoms with Gasteiger partial charge in [0.2, 0.25) is 0 Å². The maximum Gasteiger partial charge on any atom is 1.00 e. The molecule has 0 aliphatic carbocycles. The van der Waals surface area contributed by atoms with Crippen molar-refractivity contribution in [3.8, 4) is 0 Å². The normalized spacial score (nSPS) is 6.50. The van der Waals surface area contributed by atoms with E-state index in [-0.39, 0.29) is 51.4 Å². The predicted octanol–water partition coefficient (Wildman–Crippen LogP) is 0.744. The van der Waals surface area contributed by atoms with Crippen LogP contribution < -0.4 is 56.5 Å². The van der Waals surface area contributed by atoms with Crippen molar-refractivity contribution in [2.24, 2.45) is 0 Å². The summed E-state index contributed by atoms with van der Waals surface area (Å²) in [6.07, 6.45) is 4.75. The third kappa shape index (κ3) is 391. The number of hydrogen-bond donors (Lipinski definition) is 0. The number of allylic oxidation sites excluding steroid dienone is 2. The second-order valence-electron chi connectivity index (χ2n) is 3.35. The van der Waals surface area contributed by atoms with Gasteiger partial charge in [-0.05, 0) is 20.8 Å². The Morgan fingerprint density at radius 3 is 0.962 bits per heavy atom. The summed E-state index contributed by atoms with van der Waals surface area (Å²) in [5.41, 5.74) is -0.750. The van der Waals surface area contributed by atoms with E-state index in [0.717, 1.165) is 6.29 Å². The summed E-state index contributed by atoms with van der Waals surface area (Å²) in [5.74, 6) is 0. The summed E-state index contributed by atoms with van der Waals surface area (Å²) in [4.78, 5) is 8.81. The van der Waals surface area contributed by atoms with Crippen molar-refractivity contribution in [2.45, 2.75) is 61.0 Å². The van der Waals surface area contributed by atoms with E-state index in [1.54, 1.807) is 20.8 Å². The molecule has 0 bridgehead atoms. The van der Waals surface area contributed by atoms with E-state index in [4.69, 9.17) is 4.79 Å². The molecule has 0 spiro atoms. The van der Waals surface area contributed by atoms with Crippen molar-refractivity contribution in [1.82, 2.24) is 0 Å². The number of hydrogen-bond acceptors (Lipinski definition) is 6. The van der Waals surface area contributed by atoms with Crippen molar-refractivity contribution in [3.63, 3.8) is 0 Å². The average molecular weight is 559 g/mol. The Bertz CT molecular complexity index is 404. The van der Waals surface area contributed by atoms with E-state index in [1.807, 2.05) is 39.8 Å². The molecule has 12 heteroatoms. The van der Waals surface area contributed by atoms with Gasteiger partial charge in [-0.25, -0.2) is 0 Å². The summed E-state index contributed by atoms with van der Waals surface area (Å²) in [6, 6.07) is 0. The number of aldehydes is 1. The standard InChI is InChI=1S/C4H9O.C4H8.C2H4O.C2H6.C2H4.K.S5.S4/c1-4(2,3)5;1-3-4-2;1-2-3;2*1-2;;1-3-5-4-2;1-3-4-2/h1-3H3;3-4H,1-2H3;2H,1H3;1-2H3;1-2H2;;;/q-1;;;;;+1;;. The third-order valence-corrected chi connectivity index (χ3v) is 7.08. The molecule has 0 amide bonds. The molecule has 0 fully saturated rings. The van der Waals surface area contributed by atoms with Gasteiger partial charge in [0, 0.05) is 89.2 Å². The Balaban J connectivity index is -0.0000000247. The number of carbonyl (C=O) groups is 1. The molecule has 26 heavy (non-hydrogen) atoms. The van der Waals surface area contributed by atoms with Crippen LogP contribution in [-0.2, 0) is 93.9 Å². The van der Waals surface area contributed by atoms with Crippen LogP contribution in [0.3, 0.4) is 0 Å². The summed E-state index contributed by atoms with van der Waals surface area (Å²) in [5, 5.41) is 10.1. The molecule has 0 atom stereocenters. The molecule has 0 saturated carbocycles. The van der Waals surface area contributed by atoms with Gasteiger partial charge in [0.05, 0.1) is 0 Å². The first-order valence-electron chi connectivity index (χ1n) is 6.67. The topological polar surface area (TPSA) is 40.1 Å². The van der Waals surface area contributed by atoms with Crippen LogP contribution in [0.15, 0.2) is 25.3 Å². The van der Waals surface area contributed by atoms with E-state index < -0.39 is 5.60 Å². The fourth-order valence-electron chi connectivity index (χ4n) is 0.0113. The summed E-state index contributed by atoms with van der Waals surface area (Å²) in [7, 11) is 6.29. The van der Waals surface area contributed by atoms with Gasteiger partial charge < -0.3 is 9.90 Å². The Kier molecular flexibility index (Phi) is 140. The van der Waals surface area contributed by atoms with Gasteiger partial charge in [-0.1, -0.05) is 46.8 Å². The Morgan fingerprint density at radius 2 is 0.962 bits per heavy atom. The van der Waals surface area contributed by atoms with Crippen LogP contribution in [-0.4, -0.2) is 11.9 Å². The molecule has 154 valence electrons. The fraction of sp³-hybridized carbons (Fsp3) is 0.643. The van der Waals surface area contributed by atoms with E-state index >= 15 is 0 Å². The maximum atomic E-state index is 10.1. The maximum absolute atomic E-state index is 10.1. The summed E-state index contributed by atoms with van der Waals surface area (Å²) < 4.78 is 0. The van der Waals surface area contributed by atoms with Gasteiger partial charge in [0.15, 0.2) is 0 Å². The smallest absolute Gasteiger partial charge is 0.850 e. The molecule has 0 N–H and O–H groups in total. The zero-order chi connectivity index (χ0) is 22.2. The van der Waals surface area contributed by atoms with Gasteiger partial charge >= 0.3 is 51.4 Å². The molecule has 0 unspecified atom stereocenters. The molecule has 2 nitrogen and oxygen atoms in total. The van der Waals surface area contributed by atoms with Crippen LogP contribution in [0.5, 0.6) is 0 Å². The summed E-state index contributed by atoms with van der Waals surface area (Å²) in [6.45, 7) is 20.3. The Morgan fingerprint density at radius 1 is 0.808 bits per heavy atom. The third-order valence-electron chi connectivity index (χ3n) is 0.417. The molecule has 0 aliphatic heterocycles. The minimum absolute atomic E-state index is 0. The molecule has 0 aromatic heterocycles. The van der Waals surface area contributed by atoms with Gasteiger partial charge in [0.1, 0.15) is 6.29 Å². The van der Waals surface area contributed by atoms with E-state index in [1.165, 1.54) is 51.3 Å². The van der Waals surface area contributed by atoms with Gasteiger partial charge in [-0.2, -0.15) is 0 Å². The molecule has 0 aromatic rings. The van der Waals surface area contributed by atoms with Crippen LogP contribution >= 0.6 is 0 Å². The SMILES string of the molecule is C=C.CC.CC(C)(C)[O-].CC=CC.CC=O.S=S=S=S.S=S=S=S=S.[K+]. The van der Waals surface area contributed by atoms with E-state index in [0.29, 0.717) is 0 Å². The average Bonchev–Trinajstić information content (AvgIpc) is 2.59. The van der Waals surface area contributed by atoms with E-state index in [9.17, 15) is 5.11 Å². The van der Waals surface area contributed by atoms with Crippen molar-refractivity contribution < 1.29 is 61.3 Å². The fourth-order valence-corrected chi connectivity index (χ4v) is 2.76. The zero-order valence-corrected chi connectivity index (χ0v) is 27.6. The van der Waals surface area contributed by atoms with Crippen molar-refractivity contribution in [3.05, 3.63) is 25.3 Å². The Labute approximate surface area is 238 Å². The molecular formula is C14H31KO2S9. The van der Waals surface area contributed by atoms with Crippen LogP contribution in [0.2, 0.25) is 0 Å². The van der Waals surface area contributed by atoms with Crippen LogP contribution in [0.25, 0.3) is 0 Å². The van der Waals surface area contributed by atoms with Crippen LogP contribution in [0.1, 0.15) is 55.4 Å². The van der Waals surface area contributed by atoms with Crippen molar-refractivity contribution in [1.29, 1.82) is 0 Å². The van der Waals surface area contributed by atoms with Gasteiger partial charge in [-0.15, -0.1) is 18.8 Å². The molecule has 0 aromatic carbocycles. The first kappa shape index (κ1) is 51.4.